The van der Waals surface area contributed by atoms with Gasteiger partial charge in [-0.15, -0.1) is 0 Å². The Morgan fingerprint density at radius 2 is 2.11 bits per heavy atom. The topological polar surface area (TPSA) is 64.3 Å². The molecule has 0 bridgehead atoms. The standard InChI is InChI=1S/C13H14N2O3/c1-9(2)18-12-6-4-3-5-11(12)15-8-10(7-14-15)13(16)17/h3-9H,1-2H3,(H,16,17). The number of hydrogen-bond donors (Lipinski definition) is 1. The molecule has 1 N–H and O–H groups in total. The third-order valence-corrected chi connectivity index (χ3v) is 2.30. The van der Waals surface area contributed by atoms with E-state index in [1.54, 1.807) is 0 Å². The summed E-state index contributed by atoms with van der Waals surface area (Å²) in [6, 6.07) is 7.38. The Labute approximate surface area is 105 Å². The molecule has 0 aliphatic carbocycles. The fraction of sp³-hybridized carbons (Fsp3) is 0.231. The summed E-state index contributed by atoms with van der Waals surface area (Å²) >= 11 is 0. The van der Waals surface area contributed by atoms with Gasteiger partial charge in [-0.2, -0.15) is 5.10 Å². The third kappa shape index (κ3) is 2.51. The van der Waals surface area contributed by atoms with Crippen LogP contribution in [0, 0.1) is 0 Å². The van der Waals surface area contributed by atoms with E-state index in [0.29, 0.717) is 5.75 Å². The molecule has 0 atom stereocenters. The molecule has 1 heterocycles. The van der Waals surface area contributed by atoms with Crippen molar-refractivity contribution in [3.8, 4) is 11.4 Å². The van der Waals surface area contributed by atoms with Crippen molar-refractivity contribution >= 4 is 5.97 Å². The second kappa shape index (κ2) is 4.91. The fourth-order valence-corrected chi connectivity index (χ4v) is 1.57. The van der Waals surface area contributed by atoms with E-state index in [1.807, 2.05) is 38.1 Å². The van der Waals surface area contributed by atoms with Crippen LogP contribution in [-0.4, -0.2) is 27.0 Å². The highest BCUT2D eigenvalue weighted by Crippen LogP contribution is 2.23. The molecular weight excluding hydrogens is 232 g/mol. The van der Waals surface area contributed by atoms with E-state index in [-0.39, 0.29) is 11.7 Å². The molecule has 0 spiro atoms. The molecule has 0 fully saturated rings. The Hall–Kier alpha value is -2.30. The lowest BCUT2D eigenvalue weighted by Crippen LogP contribution is -2.08. The summed E-state index contributed by atoms with van der Waals surface area (Å²) in [6.45, 7) is 3.87. The number of aromatic nitrogens is 2. The van der Waals surface area contributed by atoms with Crippen LogP contribution in [0.4, 0.5) is 0 Å². The summed E-state index contributed by atoms with van der Waals surface area (Å²) in [6.07, 6.45) is 2.82. The molecule has 5 nitrogen and oxygen atoms in total. The van der Waals surface area contributed by atoms with Gasteiger partial charge in [0.05, 0.1) is 17.9 Å². The molecule has 0 amide bonds. The van der Waals surface area contributed by atoms with E-state index in [0.717, 1.165) is 5.69 Å². The van der Waals surface area contributed by atoms with Crippen molar-refractivity contribution in [2.24, 2.45) is 0 Å². The van der Waals surface area contributed by atoms with Crippen LogP contribution in [0.25, 0.3) is 5.69 Å². The number of carboxylic acids is 1. The number of carbonyl (C=O) groups is 1. The van der Waals surface area contributed by atoms with Crippen LogP contribution in [-0.2, 0) is 0 Å². The lowest BCUT2D eigenvalue weighted by Gasteiger charge is -2.13. The van der Waals surface area contributed by atoms with Crippen molar-refractivity contribution in [3.05, 3.63) is 42.2 Å². The van der Waals surface area contributed by atoms with Gasteiger partial charge >= 0.3 is 5.97 Å². The molecule has 0 saturated heterocycles. The summed E-state index contributed by atoms with van der Waals surface area (Å²) in [5, 5.41) is 12.9. The maximum atomic E-state index is 10.8. The molecule has 0 aliphatic heterocycles. The van der Waals surface area contributed by atoms with Crippen molar-refractivity contribution in [3.63, 3.8) is 0 Å². The predicted octanol–water partition coefficient (Wildman–Crippen LogP) is 2.36. The number of rotatable bonds is 4. The zero-order valence-electron chi connectivity index (χ0n) is 10.2. The van der Waals surface area contributed by atoms with Crippen LogP contribution >= 0.6 is 0 Å². The van der Waals surface area contributed by atoms with Crippen molar-refractivity contribution in [1.29, 1.82) is 0 Å². The van der Waals surface area contributed by atoms with Crippen LogP contribution < -0.4 is 4.74 Å². The Morgan fingerprint density at radius 3 is 2.72 bits per heavy atom. The number of aromatic carboxylic acids is 1. The van der Waals surface area contributed by atoms with Gasteiger partial charge < -0.3 is 9.84 Å². The number of ether oxygens (including phenoxy) is 1. The summed E-state index contributed by atoms with van der Waals surface area (Å²) in [4.78, 5) is 10.8. The van der Waals surface area contributed by atoms with Crippen LogP contribution in [0.3, 0.4) is 0 Å². The van der Waals surface area contributed by atoms with Gasteiger partial charge in [-0.1, -0.05) is 12.1 Å². The Bertz CT molecular complexity index is 561. The third-order valence-electron chi connectivity index (χ3n) is 2.30. The first-order valence-electron chi connectivity index (χ1n) is 5.62. The number of benzene rings is 1. The van der Waals surface area contributed by atoms with Crippen LogP contribution in [0.15, 0.2) is 36.7 Å². The molecular formula is C13H14N2O3. The summed E-state index contributed by atoms with van der Waals surface area (Å²) in [5.74, 6) is -0.323. The van der Waals surface area contributed by atoms with Crippen molar-refractivity contribution < 1.29 is 14.6 Å². The summed E-state index contributed by atoms with van der Waals surface area (Å²) in [5.41, 5.74) is 0.869. The fourth-order valence-electron chi connectivity index (χ4n) is 1.57. The minimum atomic E-state index is -0.997. The van der Waals surface area contributed by atoms with Crippen LogP contribution in [0.5, 0.6) is 5.75 Å². The van der Waals surface area contributed by atoms with Crippen molar-refractivity contribution in [2.75, 3.05) is 0 Å². The Kier molecular flexibility index (Phi) is 3.32. The summed E-state index contributed by atoms with van der Waals surface area (Å²) < 4.78 is 7.16. The molecule has 94 valence electrons. The summed E-state index contributed by atoms with van der Waals surface area (Å²) in [7, 11) is 0. The maximum Gasteiger partial charge on any atom is 0.338 e. The number of para-hydroxylation sites is 2. The highest BCUT2D eigenvalue weighted by atomic mass is 16.5. The van der Waals surface area contributed by atoms with E-state index in [9.17, 15) is 4.79 Å². The van der Waals surface area contributed by atoms with Gasteiger partial charge in [-0.25, -0.2) is 9.48 Å². The number of nitrogens with zero attached hydrogens (tertiary/aromatic N) is 2. The zero-order chi connectivity index (χ0) is 13.1. The highest BCUT2D eigenvalue weighted by molar-refractivity contribution is 5.87. The van der Waals surface area contributed by atoms with E-state index < -0.39 is 5.97 Å². The second-order valence-corrected chi connectivity index (χ2v) is 4.11. The smallest absolute Gasteiger partial charge is 0.338 e. The minimum Gasteiger partial charge on any atom is -0.489 e. The van der Waals surface area contributed by atoms with E-state index >= 15 is 0 Å². The lowest BCUT2D eigenvalue weighted by molar-refractivity contribution is 0.0697. The Morgan fingerprint density at radius 1 is 1.39 bits per heavy atom. The quantitative estimate of drug-likeness (QED) is 0.899. The van der Waals surface area contributed by atoms with Gasteiger partial charge in [0.25, 0.3) is 0 Å². The van der Waals surface area contributed by atoms with Gasteiger partial charge in [0.15, 0.2) is 0 Å². The van der Waals surface area contributed by atoms with E-state index in [1.165, 1.54) is 17.1 Å². The normalized spacial score (nSPS) is 10.6. The first-order valence-corrected chi connectivity index (χ1v) is 5.62. The molecule has 0 aliphatic rings. The van der Waals surface area contributed by atoms with Crippen molar-refractivity contribution in [2.45, 2.75) is 20.0 Å². The molecule has 1 aromatic carbocycles. The van der Waals surface area contributed by atoms with E-state index in [2.05, 4.69) is 5.10 Å². The molecule has 0 unspecified atom stereocenters. The van der Waals surface area contributed by atoms with E-state index in [4.69, 9.17) is 9.84 Å². The lowest BCUT2D eigenvalue weighted by atomic mass is 10.3. The first kappa shape index (κ1) is 12.2. The maximum absolute atomic E-state index is 10.8. The monoisotopic (exact) mass is 246 g/mol. The van der Waals surface area contributed by atoms with Gasteiger partial charge in [0.1, 0.15) is 11.4 Å². The molecule has 0 radical (unpaired) electrons. The average Bonchev–Trinajstić information content (AvgIpc) is 2.78. The van der Waals surface area contributed by atoms with Gasteiger partial charge in [-0.3, -0.25) is 0 Å². The van der Waals surface area contributed by atoms with Gasteiger partial charge in [0, 0.05) is 6.20 Å². The minimum absolute atomic E-state index is 0.0423. The molecule has 0 saturated carbocycles. The second-order valence-electron chi connectivity index (χ2n) is 4.11. The highest BCUT2D eigenvalue weighted by Gasteiger charge is 2.11. The average molecular weight is 246 g/mol. The number of carboxylic acid groups (broad SMARTS) is 1. The number of hydrogen-bond acceptors (Lipinski definition) is 3. The molecule has 18 heavy (non-hydrogen) atoms. The first-order chi connectivity index (χ1) is 8.58. The molecule has 1 aromatic heterocycles. The van der Waals surface area contributed by atoms with Gasteiger partial charge in [-0.05, 0) is 26.0 Å². The Balaban J connectivity index is 2.39. The predicted molar refractivity (Wildman–Crippen MR) is 66.3 cm³/mol. The van der Waals surface area contributed by atoms with Gasteiger partial charge in [0.2, 0.25) is 0 Å². The molecule has 2 rings (SSSR count). The van der Waals surface area contributed by atoms with Crippen molar-refractivity contribution in [1.82, 2.24) is 9.78 Å². The SMILES string of the molecule is CC(C)Oc1ccccc1-n1cc(C(=O)O)cn1. The van der Waals surface area contributed by atoms with Crippen LogP contribution in [0.2, 0.25) is 0 Å². The largest absolute Gasteiger partial charge is 0.489 e. The van der Waals surface area contributed by atoms with Crippen LogP contribution in [0.1, 0.15) is 24.2 Å². The molecule has 2 aromatic rings. The zero-order valence-corrected chi connectivity index (χ0v) is 10.2. The molecule has 5 heteroatoms.